The van der Waals surface area contributed by atoms with Crippen molar-refractivity contribution in [2.45, 2.75) is 38.2 Å². The van der Waals surface area contributed by atoms with E-state index in [-0.39, 0.29) is 30.7 Å². The quantitative estimate of drug-likeness (QED) is 0.790. The Labute approximate surface area is 140 Å². The number of rotatable bonds is 6. The molecule has 1 amide bonds. The number of nitrogens with two attached hydrogens (primary N) is 1. The Hall–Kier alpha value is -0.0700. The van der Waals surface area contributed by atoms with Crippen LogP contribution in [-0.2, 0) is 9.53 Å². The lowest BCUT2D eigenvalue weighted by molar-refractivity contribution is -0.133. The van der Waals surface area contributed by atoms with Crippen LogP contribution in [0, 0.1) is 0 Å². The minimum atomic E-state index is 0. The molecule has 21 heavy (non-hydrogen) atoms. The molecule has 2 aliphatic heterocycles. The number of piperidine rings is 1. The second-order valence-corrected chi connectivity index (χ2v) is 5.54. The molecule has 5 nitrogen and oxygen atoms in total. The third kappa shape index (κ3) is 7.15. The smallest absolute Gasteiger partial charge is 0.223 e. The van der Waals surface area contributed by atoms with Crippen molar-refractivity contribution in [3.05, 3.63) is 0 Å². The molecule has 0 aliphatic carbocycles. The molecule has 2 fully saturated rings. The predicted octanol–water partition coefficient (Wildman–Crippen LogP) is 1.28. The average molecular weight is 342 g/mol. The topological polar surface area (TPSA) is 58.8 Å². The predicted molar refractivity (Wildman–Crippen MR) is 89.4 cm³/mol. The molecule has 0 bridgehead atoms. The first-order valence-corrected chi connectivity index (χ1v) is 7.61. The summed E-state index contributed by atoms with van der Waals surface area (Å²) in [5.41, 5.74) is 5.41. The molecule has 0 unspecified atom stereocenters. The summed E-state index contributed by atoms with van der Waals surface area (Å²) in [6.45, 7) is 6.46. The van der Waals surface area contributed by atoms with E-state index in [4.69, 9.17) is 10.5 Å². The van der Waals surface area contributed by atoms with Gasteiger partial charge >= 0.3 is 0 Å². The molecule has 0 aromatic rings. The summed E-state index contributed by atoms with van der Waals surface area (Å²) in [5.74, 6) is 0.193. The van der Waals surface area contributed by atoms with Gasteiger partial charge in [0.05, 0.1) is 12.7 Å². The van der Waals surface area contributed by atoms with Crippen molar-refractivity contribution >= 4 is 30.7 Å². The number of halogens is 2. The standard InChI is InChI=1S/C14H27N3O2.2ClH/c15-6-3-14(18)17-9-4-13(5-10-17)19-12-11-16-7-1-2-8-16;;/h13H,1-12,15H2;2*1H. The minimum absolute atomic E-state index is 0. The van der Waals surface area contributed by atoms with Crippen LogP contribution in [0.1, 0.15) is 32.1 Å². The lowest BCUT2D eigenvalue weighted by atomic mass is 10.1. The molecule has 0 aromatic heterocycles. The van der Waals surface area contributed by atoms with E-state index in [1.165, 1.54) is 25.9 Å². The molecule has 2 N–H and O–H groups in total. The third-order valence-electron chi connectivity index (χ3n) is 4.11. The van der Waals surface area contributed by atoms with E-state index in [0.29, 0.717) is 19.1 Å². The van der Waals surface area contributed by atoms with Gasteiger partial charge in [-0.3, -0.25) is 4.79 Å². The van der Waals surface area contributed by atoms with E-state index >= 15 is 0 Å². The van der Waals surface area contributed by atoms with E-state index in [9.17, 15) is 4.79 Å². The van der Waals surface area contributed by atoms with E-state index < -0.39 is 0 Å². The number of hydrogen-bond donors (Lipinski definition) is 1. The average Bonchev–Trinajstić information content (AvgIpc) is 2.93. The lowest BCUT2D eigenvalue weighted by Gasteiger charge is -2.32. The Bertz CT molecular complexity index is 281. The second-order valence-electron chi connectivity index (χ2n) is 5.54. The maximum atomic E-state index is 11.7. The van der Waals surface area contributed by atoms with Crippen molar-refractivity contribution in [1.29, 1.82) is 0 Å². The summed E-state index contributed by atoms with van der Waals surface area (Å²) in [4.78, 5) is 16.1. The van der Waals surface area contributed by atoms with Gasteiger partial charge in [0.1, 0.15) is 0 Å². The van der Waals surface area contributed by atoms with Crippen LogP contribution in [0.5, 0.6) is 0 Å². The first kappa shape index (κ1) is 20.9. The van der Waals surface area contributed by atoms with Crippen LogP contribution in [0.2, 0.25) is 0 Å². The number of amides is 1. The number of hydrogen-bond acceptors (Lipinski definition) is 4. The third-order valence-corrected chi connectivity index (χ3v) is 4.11. The molecule has 0 aromatic carbocycles. The molecule has 126 valence electrons. The molecule has 2 rings (SSSR count). The van der Waals surface area contributed by atoms with Crippen LogP contribution in [0.15, 0.2) is 0 Å². The Morgan fingerprint density at radius 2 is 1.71 bits per heavy atom. The highest BCUT2D eigenvalue weighted by molar-refractivity contribution is 5.85. The largest absolute Gasteiger partial charge is 0.377 e. The maximum absolute atomic E-state index is 11.7. The molecular weight excluding hydrogens is 313 g/mol. The first-order chi connectivity index (χ1) is 9.29. The number of carbonyl (C=O) groups excluding carboxylic acids is 1. The van der Waals surface area contributed by atoms with E-state index in [0.717, 1.165) is 39.1 Å². The second kappa shape index (κ2) is 11.5. The molecule has 0 spiro atoms. The van der Waals surface area contributed by atoms with Crippen LogP contribution in [-0.4, -0.2) is 67.7 Å². The highest BCUT2D eigenvalue weighted by Crippen LogP contribution is 2.15. The van der Waals surface area contributed by atoms with Gasteiger partial charge in [-0.05, 0) is 38.8 Å². The molecule has 2 saturated heterocycles. The molecule has 0 saturated carbocycles. The summed E-state index contributed by atoms with van der Waals surface area (Å²) in [7, 11) is 0. The Balaban J connectivity index is 0.00000200. The minimum Gasteiger partial charge on any atom is -0.377 e. The SMILES string of the molecule is Cl.Cl.NCCC(=O)N1CCC(OCCN2CCCC2)CC1. The van der Waals surface area contributed by atoms with E-state index in [1.807, 2.05) is 4.90 Å². The van der Waals surface area contributed by atoms with Crippen molar-refractivity contribution in [2.24, 2.45) is 5.73 Å². The Morgan fingerprint density at radius 1 is 1.10 bits per heavy atom. The first-order valence-electron chi connectivity index (χ1n) is 7.61. The van der Waals surface area contributed by atoms with Crippen LogP contribution in [0.25, 0.3) is 0 Å². The fourth-order valence-electron chi connectivity index (χ4n) is 2.91. The van der Waals surface area contributed by atoms with Crippen molar-refractivity contribution in [1.82, 2.24) is 9.80 Å². The van der Waals surface area contributed by atoms with E-state index in [2.05, 4.69) is 4.90 Å². The van der Waals surface area contributed by atoms with Gasteiger partial charge in [0.15, 0.2) is 0 Å². The lowest BCUT2D eigenvalue weighted by Crippen LogP contribution is -2.42. The Kier molecular flexibility index (Phi) is 11.5. The van der Waals surface area contributed by atoms with Gasteiger partial charge in [-0.2, -0.15) is 0 Å². The van der Waals surface area contributed by atoms with Gasteiger partial charge < -0.3 is 20.3 Å². The monoisotopic (exact) mass is 341 g/mol. The van der Waals surface area contributed by atoms with Gasteiger partial charge in [0.2, 0.25) is 5.91 Å². The zero-order chi connectivity index (χ0) is 13.5. The highest BCUT2D eigenvalue weighted by Gasteiger charge is 2.22. The molecule has 2 heterocycles. The number of likely N-dealkylation sites (tertiary alicyclic amines) is 2. The van der Waals surface area contributed by atoms with Crippen LogP contribution < -0.4 is 5.73 Å². The van der Waals surface area contributed by atoms with Gasteiger partial charge in [0, 0.05) is 32.6 Å². The summed E-state index contributed by atoms with van der Waals surface area (Å²) in [6, 6.07) is 0. The number of nitrogens with zero attached hydrogens (tertiary/aromatic N) is 2. The highest BCUT2D eigenvalue weighted by atomic mass is 35.5. The fourth-order valence-corrected chi connectivity index (χ4v) is 2.91. The van der Waals surface area contributed by atoms with Gasteiger partial charge in [0.25, 0.3) is 0 Å². The van der Waals surface area contributed by atoms with Gasteiger partial charge in [-0.15, -0.1) is 24.8 Å². The molecule has 7 heteroatoms. The number of ether oxygens (including phenoxy) is 1. The summed E-state index contributed by atoms with van der Waals surface area (Å²) < 4.78 is 5.93. The summed E-state index contributed by atoms with van der Waals surface area (Å²) >= 11 is 0. The van der Waals surface area contributed by atoms with Crippen molar-refractivity contribution in [3.8, 4) is 0 Å². The zero-order valence-corrected chi connectivity index (χ0v) is 14.3. The van der Waals surface area contributed by atoms with Crippen molar-refractivity contribution in [2.75, 3.05) is 45.9 Å². The maximum Gasteiger partial charge on any atom is 0.223 e. The van der Waals surface area contributed by atoms with Crippen molar-refractivity contribution < 1.29 is 9.53 Å². The normalized spacial score (nSPS) is 20.0. The van der Waals surface area contributed by atoms with E-state index in [1.54, 1.807) is 0 Å². The zero-order valence-electron chi connectivity index (χ0n) is 12.7. The molecule has 2 aliphatic rings. The Morgan fingerprint density at radius 3 is 2.29 bits per heavy atom. The summed E-state index contributed by atoms with van der Waals surface area (Å²) in [6.07, 6.45) is 5.42. The fraction of sp³-hybridized carbons (Fsp3) is 0.929. The van der Waals surface area contributed by atoms with Gasteiger partial charge in [-0.25, -0.2) is 0 Å². The van der Waals surface area contributed by atoms with Crippen LogP contribution in [0.4, 0.5) is 0 Å². The molecule has 0 radical (unpaired) electrons. The molecule has 0 atom stereocenters. The number of carbonyl (C=O) groups is 1. The van der Waals surface area contributed by atoms with Crippen LogP contribution in [0.3, 0.4) is 0 Å². The van der Waals surface area contributed by atoms with Crippen molar-refractivity contribution in [3.63, 3.8) is 0 Å². The van der Waals surface area contributed by atoms with Gasteiger partial charge in [-0.1, -0.05) is 0 Å². The molecular formula is C14H29Cl2N3O2. The summed E-state index contributed by atoms with van der Waals surface area (Å²) in [5, 5.41) is 0. The van der Waals surface area contributed by atoms with Crippen LogP contribution >= 0.6 is 24.8 Å².